The minimum atomic E-state index is -1.66. The highest BCUT2D eigenvalue weighted by atomic mass is 28.4. The Morgan fingerprint density at radius 2 is 0.871 bits per heavy atom. The average Bonchev–Trinajstić information content (AvgIpc) is 2.62. The van der Waals surface area contributed by atoms with Crippen molar-refractivity contribution < 1.29 is 8.85 Å². The van der Waals surface area contributed by atoms with Gasteiger partial charge >= 0.3 is 0 Å². The molecule has 0 aromatic heterocycles. The molecule has 0 heterocycles. The van der Waals surface area contributed by atoms with Crippen molar-refractivity contribution in [3.8, 4) is 0 Å². The monoisotopic (exact) mass is 489 g/mol. The molecule has 0 spiro atoms. The van der Waals surface area contributed by atoms with Crippen LogP contribution in [0.25, 0.3) is 0 Å². The van der Waals surface area contributed by atoms with Gasteiger partial charge in [-0.2, -0.15) is 0 Å². The predicted molar refractivity (Wildman–Crippen MR) is 149 cm³/mol. The van der Waals surface area contributed by atoms with Crippen LogP contribution in [0.15, 0.2) is 0 Å². The molecule has 0 rings (SSSR count). The van der Waals surface area contributed by atoms with Crippen LogP contribution >= 0.6 is 0 Å². The van der Waals surface area contributed by atoms with E-state index in [1.54, 1.807) is 0 Å². The minimum absolute atomic E-state index is 0.680. The summed E-state index contributed by atoms with van der Waals surface area (Å²) < 4.78 is 15.5. The van der Waals surface area contributed by atoms with Crippen molar-refractivity contribution in [2.24, 2.45) is 0 Å². The van der Waals surface area contributed by atoms with Crippen molar-refractivity contribution in [2.75, 3.05) is 26.3 Å². The van der Waals surface area contributed by atoms with Gasteiger partial charge in [0.05, 0.1) is 0 Å². The lowest BCUT2D eigenvalue weighted by Crippen LogP contribution is -2.61. The molecule has 2 atom stereocenters. The molecule has 0 radical (unpaired) electrons. The van der Waals surface area contributed by atoms with Crippen LogP contribution in [0.4, 0.5) is 0 Å². The second kappa shape index (κ2) is 13.4. The van der Waals surface area contributed by atoms with E-state index in [9.17, 15) is 0 Å². The van der Waals surface area contributed by atoms with Gasteiger partial charge in [-0.1, -0.05) is 55.4 Å². The van der Waals surface area contributed by atoms with Crippen molar-refractivity contribution in [3.63, 3.8) is 0 Å². The van der Waals surface area contributed by atoms with Crippen molar-refractivity contribution in [2.45, 2.75) is 136 Å². The Labute approximate surface area is 200 Å². The molecule has 0 aromatic rings. The van der Waals surface area contributed by atoms with Crippen LogP contribution in [-0.2, 0) is 8.85 Å². The van der Waals surface area contributed by atoms with Crippen LogP contribution in [0.5, 0.6) is 0 Å². The smallest absolute Gasteiger partial charge is 0.189 e. The van der Waals surface area contributed by atoms with E-state index >= 15 is 0 Å². The van der Waals surface area contributed by atoms with E-state index in [4.69, 9.17) is 8.85 Å². The molecule has 188 valence electrons. The van der Waals surface area contributed by atoms with Gasteiger partial charge in [-0.3, -0.25) is 0 Å². The molecule has 3 nitrogen and oxygen atoms in total. The summed E-state index contributed by atoms with van der Waals surface area (Å²) in [5.41, 5.74) is 3.63. The standard InChI is InChI=1S/C25H59NO2Si3/c1-15-27-29(11,12)24(9)17-19-26(20-18-25(10)30(13,14)28-16-2)31(21(3)4,22(5)6)23(7)8/h21-25H,15-20H2,1-14H3. The van der Waals surface area contributed by atoms with Crippen molar-refractivity contribution in [1.82, 2.24) is 4.57 Å². The van der Waals surface area contributed by atoms with Gasteiger partial charge in [0.25, 0.3) is 0 Å². The summed E-state index contributed by atoms with van der Waals surface area (Å²) in [6.45, 7) is 38.0. The fraction of sp³-hybridized carbons (Fsp3) is 1.00. The van der Waals surface area contributed by atoms with Crippen LogP contribution in [0.3, 0.4) is 0 Å². The molecule has 0 saturated heterocycles. The van der Waals surface area contributed by atoms with Crippen molar-refractivity contribution in [1.29, 1.82) is 0 Å². The Hall–Kier alpha value is 0.531. The molecule has 0 saturated carbocycles. The highest BCUT2D eigenvalue weighted by Gasteiger charge is 2.48. The molecule has 0 N–H and O–H groups in total. The van der Waals surface area contributed by atoms with Crippen LogP contribution in [0.2, 0.25) is 53.9 Å². The average molecular weight is 490 g/mol. The molecule has 0 aromatic carbocycles. The van der Waals surface area contributed by atoms with E-state index in [2.05, 4.69) is 100.0 Å². The zero-order chi connectivity index (χ0) is 24.6. The van der Waals surface area contributed by atoms with Crippen LogP contribution in [0, 0.1) is 0 Å². The number of nitrogens with zero attached hydrogens (tertiary/aromatic N) is 1. The van der Waals surface area contributed by atoms with Gasteiger partial charge in [0.2, 0.25) is 0 Å². The molecule has 0 amide bonds. The molecule has 6 heteroatoms. The number of rotatable bonds is 16. The Morgan fingerprint density at radius 3 is 1.10 bits per heavy atom. The Balaban J connectivity index is 5.81. The number of hydrogen-bond acceptors (Lipinski definition) is 3. The SMILES string of the molecule is CCO[Si](C)(C)C(C)CCN(CCC(C)[Si](C)(C)OCC)[Si](C(C)C)(C(C)C)C(C)C. The Morgan fingerprint density at radius 1 is 0.581 bits per heavy atom. The summed E-state index contributed by atoms with van der Waals surface area (Å²) >= 11 is 0. The predicted octanol–water partition coefficient (Wildman–Crippen LogP) is 8.51. The van der Waals surface area contributed by atoms with E-state index in [0.717, 1.165) is 29.8 Å². The highest BCUT2D eigenvalue weighted by Crippen LogP contribution is 2.45. The normalized spacial score (nSPS) is 16.1. The Bertz CT molecular complexity index is 445. The number of hydrogen-bond donors (Lipinski definition) is 0. The minimum Gasteiger partial charge on any atom is -0.417 e. The summed E-state index contributed by atoms with van der Waals surface area (Å²) in [5, 5.41) is 0. The van der Waals surface area contributed by atoms with E-state index in [0.29, 0.717) is 11.1 Å². The molecule has 0 aliphatic heterocycles. The first-order valence-corrected chi connectivity index (χ1v) is 21.3. The molecule has 0 bridgehead atoms. The first-order valence-electron chi connectivity index (χ1n) is 13.1. The zero-order valence-corrected chi connectivity index (χ0v) is 26.9. The summed E-state index contributed by atoms with van der Waals surface area (Å²) in [6.07, 6.45) is 2.53. The van der Waals surface area contributed by atoms with Crippen molar-refractivity contribution in [3.05, 3.63) is 0 Å². The zero-order valence-electron chi connectivity index (χ0n) is 23.9. The summed E-state index contributed by atoms with van der Waals surface area (Å²) in [7, 11) is -4.91. The van der Waals surface area contributed by atoms with Crippen LogP contribution in [-0.4, -0.2) is 55.7 Å². The largest absolute Gasteiger partial charge is 0.417 e. The lowest BCUT2D eigenvalue weighted by molar-refractivity contribution is 0.304. The van der Waals surface area contributed by atoms with Gasteiger partial charge in [-0.15, -0.1) is 0 Å². The summed E-state index contributed by atoms with van der Waals surface area (Å²) in [6, 6.07) is 0. The van der Waals surface area contributed by atoms with Gasteiger partial charge in [0, 0.05) is 13.2 Å². The first-order chi connectivity index (χ1) is 14.1. The lowest BCUT2D eigenvalue weighted by Gasteiger charge is -2.52. The fourth-order valence-corrected chi connectivity index (χ4v) is 16.9. The first kappa shape index (κ1) is 31.5. The third kappa shape index (κ3) is 8.36. The topological polar surface area (TPSA) is 21.7 Å². The molecule has 2 unspecified atom stereocenters. The summed E-state index contributed by atoms with van der Waals surface area (Å²) in [4.78, 5) is 0. The Kier molecular flexibility index (Phi) is 13.7. The van der Waals surface area contributed by atoms with Gasteiger partial charge in [0.15, 0.2) is 16.6 Å². The van der Waals surface area contributed by atoms with Gasteiger partial charge < -0.3 is 13.4 Å². The van der Waals surface area contributed by atoms with E-state index < -0.39 is 24.9 Å². The lowest BCUT2D eigenvalue weighted by atomic mass is 10.3. The van der Waals surface area contributed by atoms with Crippen LogP contribution < -0.4 is 0 Å². The van der Waals surface area contributed by atoms with E-state index in [-0.39, 0.29) is 0 Å². The van der Waals surface area contributed by atoms with Gasteiger partial charge in [-0.25, -0.2) is 0 Å². The third-order valence-electron chi connectivity index (χ3n) is 8.39. The van der Waals surface area contributed by atoms with Gasteiger partial charge in [0.1, 0.15) is 8.24 Å². The van der Waals surface area contributed by atoms with E-state index in [1.807, 2.05) is 0 Å². The maximum absolute atomic E-state index is 6.24. The molecule has 0 fully saturated rings. The quantitative estimate of drug-likeness (QED) is 0.203. The molecular formula is C25H59NO2Si3. The third-order valence-corrected chi connectivity index (χ3v) is 22.9. The second-order valence-electron chi connectivity index (χ2n) is 11.8. The van der Waals surface area contributed by atoms with Crippen molar-refractivity contribution >= 4 is 24.9 Å². The maximum Gasteiger partial charge on any atom is 0.189 e. The van der Waals surface area contributed by atoms with Crippen LogP contribution in [0.1, 0.15) is 82.1 Å². The second-order valence-corrected chi connectivity index (χ2v) is 26.6. The van der Waals surface area contributed by atoms with E-state index in [1.165, 1.54) is 25.9 Å². The molecule has 31 heavy (non-hydrogen) atoms. The molecule has 0 aliphatic carbocycles. The van der Waals surface area contributed by atoms with Gasteiger partial charge in [-0.05, 0) is 93.7 Å². The fourth-order valence-electron chi connectivity index (χ4n) is 6.02. The maximum atomic E-state index is 6.24. The molecule has 0 aliphatic rings. The highest BCUT2D eigenvalue weighted by molar-refractivity contribution is 6.81. The summed E-state index contributed by atoms with van der Waals surface area (Å²) in [5.74, 6) is 0. The molecular weight excluding hydrogens is 431 g/mol.